The molecule has 8 heterocycles. The first kappa shape index (κ1) is 48.6. The van der Waals surface area contributed by atoms with Gasteiger partial charge in [0.05, 0.1) is 36.4 Å². The minimum absolute atomic E-state index is 0.154. The lowest BCUT2D eigenvalue weighted by atomic mass is 9.33. The smallest absolute Gasteiger partial charge is 0.262 e. The predicted octanol–water partition coefficient (Wildman–Crippen LogP) is 19.8. The van der Waals surface area contributed by atoms with E-state index >= 15 is 0 Å². The number of benzene rings is 9. The third-order valence-electron chi connectivity index (χ3n) is 17.7. The average Bonchev–Trinajstić information content (AvgIpc) is 1.64. The normalized spacial score (nSPS) is 13.3. The van der Waals surface area contributed by atoms with Gasteiger partial charge in [0.25, 0.3) is 6.71 Å². The summed E-state index contributed by atoms with van der Waals surface area (Å²) in [5.41, 5.74) is 23.2. The number of para-hydroxylation sites is 4. The van der Waals surface area contributed by atoms with Gasteiger partial charge < -0.3 is 26.5 Å². The van der Waals surface area contributed by atoms with Crippen molar-refractivity contribution in [3.8, 4) is 44.5 Å². The number of anilines is 6. The molecule has 0 bridgehead atoms. The Hall–Kier alpha value is -10.1. The highest BCUT2D eigenvalue weighted by molar-refractivity contribution is 7.02. The summed E-state index contributed by atoms with van der Waals surface area (Å²) in [6, 6.07) is 65.0. The highest BCUT2D eigenvalue weighted by Crippen LogP contribution is 2.52. The number of aryl methyl sites for hydroxylation is 1. The first-order valence-corrected chi connectivity index (χ1v) is 28.8. The van der Waals surface area contributed by atoms with Crippen LogP contribution in [0.4, 0.5) is 34.5 Å². The second-order valence-electron chi connectivity index (χ2n) is 25.0. The van der Waals surface area contributed by atoms with E-state index in [1.807, 2.05) is 73.6 Å². The van der Waals surface area contributed by atoms with Crippen LogP contribution in [0.15, 0.2) is 234 Å². The zero-order chi connectivity index (χ0) is 56.5. The molecular weight excluding hydrogens is 1040 g/mol. The summed E-state index contributed by atoms with van der Waals surface area (Å²) in [7, 11) is 0. The summed E-state index contributed by atoms with van der Waals surface area (Å²) in [6.07, 6.45) is 7.55. The summed E-state index contributed by atoms with van der Waals surface area (Å²) < 4.78 is 40.3. The molecule has 0 aliphatic carbocycles. The van der Waals surface area contributed by atoms with E-state index in [0.29, 0.717) is 0 Å². The van der Waals surface area contributed by atoms with Gasteiger partial charge in [-0.1, -0.05) is 126 Å². The largest absolute Gasteiger partial charge is 0.464 e. The van der Waals surface area contributed by atoms with Gasteiger partial charge in [-0.25, -0.2) is 0 Å². The van der Waals surface area contributed by atoms with Crippen LogP contribution in [0.2, 0.25) is 0 Å². The highest BCUT2D eigenvalue weighted by atomic mass is 16.4. The van der Waals surface area contributed by atoms with Crippen molar-refractivity contribution >= 4 is 123 Å². The van der Waals surface area contributed by atoms with E-state index in [9.17, 15) is 0 Å². The Balaban J connectivity index is 1.00. The van der Waals surface area contributed by atoms with Crippen molar-refractivity contribution < 1.29 is 26.5 Å². The maximum absolute atomic E-state index is 7.52. The zero-order valence-electron chi connectivity index (χ0n) is 47.6. The van der Waals surface area contributed by atoms with Gasteiger partial charge in [0.1, 0.15) is 33.5 Å². The molecule has 8 nitrogen and oxygen atoms in total. The van der Waals surface area contributed by atoms with Crippen molar-refractivity contribution in [3.05, 3.63) is 224 Å². The van der Waals surface area contributed by atoms with Gasteiger partial charge in [0.15, 0.2) is 0 Å². The lowest BCUT2D eigenvalue weighted by Gasteiger charge is -2.41. The van der Waals surface area contributed by atoms with Crippen LogP contribution < -0.4 is 26.2 Å². The Bertz CT molecular complexity index is 4730. The van der Waals surface area contributed by atoms with E-state index in [1.54, 1.807) is 0 Å². The van der Waals surface area contributed by atoms with Crippen LogP contribution in [-0.2, 0) is 10.8 Å². The molecule has 0 spiro atoms. The second-order valence-corrected chi connectivity index (χ2v) is 25.0. The minimum Gasteiger partial charge on any atom is -0.464 e. The van der Waals surface area contributed by atoms with Crippen LogP contribution in [0.5, 0.6) is 0 Å². The number of hydrogen-bond acceptors (Lipinski definition) is 8. The summed E-state index contributed by atoms with van der Waals surface area (Å²) >= 11 is 0. The molecule has 2 aliphatic heterocycles. The molecule has 6 aromatic heterocycles. The van der Waals surface area contributed by atoms with Gasteiger partial charge in [-0.2, -0.15) is 0 Å². The standard InChI is InChI=1S/C75H55BN2O6/c1-42-28-61-71-62(29-42)78(50-34-45(59-40-81-65-22-14-10-18-53(59)65)31-46(35-50)60-41-82-66-23-15-11-19-54(60)66)73-70(56-37-48(75(5,6)7)25-27-68(56)84-73)76(71)69-55-36-47(74(2,3)4)24-26-67(55)83-72(69)77(61)49-32-43(57-38-79-63-20-12-8-16-51(57)63)30-44(33-49)58-39-80-64-21-13-9-17-52(58)64/h8-41H,1-7H3. The predicted molar refractivity (Wildman–Crippen MR) is 343 cm³/mol. The SMILES string of the molecule is Cc1cc2c3c(c1)N(c1cc(-c4coc5ccccc45)cc(-c4coc5ccccc45)c1)c1oc4ccc(C(C)(C)C)cc4c1B3c1c(oc3ccc(C(C)(C)C)cc13)N2c1cc(-c2coc3ccccc23)cc(-c2coc3ccccc23)c1. The lowest BCUT2D eigenvalue weighted by Crippen LogP contribution is -2.60. The van der Waals surface area contributed by atoms with Gasteiger partial charge in [-0.05, 0) is 159 Å². The molecule has 0 radical (unpaired) electrons. The van der Waals surface area contributed by atoms with Crippen molar-refractivity contribution in [1.82, 2.24) is 0 Å². The van der Waals surface area contributed by atoms with Gasteiger partial charge in [-0.15, -0.1) is 0 Å². The van der Waals surface area contributed by atoms with E-state index in [4.69, 9.17) is 26.5 Å². The van der Waals surface area contributed by atoms with Crippen LogP contribution in [0.1, 0.15) is 58.2 Å². The number of hydrogen-bond donors (Lipinski definition) is 0. The summed E-state index contributed by atoms with van der Waals surface area (Å²) in [5.74, 6) is 1.51. The first-order chi connectivity index (χ1) is 40.8. The van der Waals surface area contributed by atoms with Crippen molar-refractivity contribution in [3.63, 3.8) is 0 Å². The van der Waals surface area contributed by atoms with E-state index in [0.717, 1.165) is 167 Å². The molecule has 17 rings (SSSR count). The monoisotopic (exact) mass is 1090 g/mol. The quantitative estimate of drug-likeness (QED) is 0.152. The molecule has 0 unspecified atom stereocenters. The fraction of sp³-hybridized carbons (Fsp3) is 0.120. The first-order valence-electron chi connectivity index (χ1n) is 28.8. The fourth-order valence-corrected chi connectivity index (χ4v) is 13.5. The van der Waals surface area contributed by atoms with Crippen molar-refractivity contribution in [2.24, 2.45) is 0 Å². The van der Waals surface area contributed by atoms with E-state index in [1.165, 1.54) is 11.1 Å². The molecule has 9 aromatic carbocycles. The molecule has 0 fully saturated rings. The van der Waals surface area contributed by atoms with Crippen LogP contribution in [-0.4, -0.2) is 6.71 Å². The molecule has 404 valence electrons. The van der Waals surface area contributed by atoms with Gasteiger partial charge in [0.2, 0.25) is 11.8 Å². The number of furan rings is 6. The number of rotatable bonds is 6. The Kier molecular flexibility index (Phi) is 10.1. The Labute approximate surface area is 484 Å². The number of fused-ring (bicyclic) bond motifs is 12. The van der Waals surface area contributed by atoms with Crippen LogP contribution in [0, 0.1) is 6.92 Å². The van der Waals surface area contributed by atoms with Gasteiger partial charge in [-0.3, -0.25) is 9.80 Å². The maximum atomic E-state index is 7.52. The van der Waals surface area contributed by atoms with Crippen LogP contribution in [0.25, 0.3) is 110 Å². The minimum atomic E-state index is -0.336. The molecular formula is C75H55BN2O6. The maximum Gasteiger partial charge on any atom is 0.262 e. The zero-order valence-corrected chi connectivity index (χ0v) is 47.6. The Morgan fingerprint density at radius 3 is 1.00 bits per heavy atom. The highest BCUT2D eigenvalue weighted by Gasteiger charge is 2.49. The van der Waals surface area contributed by atoms with Crippen LogP contribution in [0.3, 0.4) is 0 Å². The summed E-state index contributed by atoms with van der Waals surface area (Å²) in [5, 5.41) is 6.24. The molecule has 9 heteroatoms. The molecule has 0 saturated carbocycles. The molecule has 0 saturated heterocycles. The van der Waals surface area contributed by atoms with Gasteiger partial charge in [0, 0.05) is 76.9 Å². The number of nitrogens with zero attached hydrogens (tertiary/aromatic N) is 2. The Morgan fingerprint density at radius 2 is 0.667 bits per heavy atom. The summed E-state index contributed by atoms with van der Waals surface area (Å²) in [6.45, 7) is 15.6. The summed E-state index contributed by atoms with van der Waals surface area (Å²) in [4.78, 5) is 4.77. The topological polar surface area (TPSA) is 85.3 Å². The fourth-order valence-electron chi connectivity index (χ4n) is 13.5. The molecule has 15 aromatic rings. The lowest BCUT2D eigenvalue weighted by molar-refractivity contribution is 0.589. The third-order valence-corrected chi connectivity index (χ3v) is 17.7. The average molecular weight is 1090 g/mol. The van der Waals surface area contributed by atoms with E-state index in [2.05, 4.69) is 192 Å². The van der Waals surface area contributed by atoms with Gasteiger partial charge >= 0.3 is 0 Å². The van der Waals surface area contributed by atoms with E-state index < -0.39 is 0 Å². The van der Waals surface area contributed by atoms with Crippen molar-refractivity contribution in [2.45, 2.75) is 59.3 Å². The van der Waals surface area contributed by atoms with Crippen molar-refractivity contribution in [2.75, 3.05) is 9.80 Å². The third kappa shape index (κ3) is 7.21. The molecule has 0 amide bonds. The molecule has 0 N–H and O–H groups in total. The molecule has 84 heavy (non-hydrogen) atoms. The second kappa shape index (κ2) is 17.5. The van der Waals surface area contributed by atoms with Crippen LogP contribution >= 0.6 is 0 Å². The molecule has 0 atom stereocenters. The molecule has 2 aliphatic rings. The Morgan fingerprint density at radius 1 is 0.333 bits per heavy atom. The van der Waals surface area contributed by atoms with E-state index in [-0.39, 0.29) is 17.5 Å². The van der Waals surface area contributed by atoms with Crippen molar-refractivity contribution in [1.29, 1.82) is 0 Å².